The summed E-state index contributed by atoms with van der Waals surface area (Å²) in [6, 6.07) is 11.5. The highest BCUT2D eigenvalue weighted by Crippen LogP contribution is 2.29. The third-order valence-corrected chi connectivity index (χ3v) is 7.05. The van der Waals surface area contributed by atoms with E-state index in [4.69, 9.17) is 0 Å². The first-order chi connectivity index (χ1) is 17.7. The molecule has 0 radical (unpaired) electrons. The summed E-state index contributed by atoms with van der Waals surface area (Å²) in [4.78, 5) is 36.9. The Kier molecular flexibility index (Phi) is 10.6. The molecule has 1 fully saturated rings. The van der Waals surface area contributed by atoms with Gasteiger partial charge in [0, 0.05) is 24.9 Å². The van der Waals surface area contributed by atoms with Gasteiger partial charge in [0.05, 0.1) is 17.7 Å². The van der Waals surface area contributed by atoms with Crippen molar-refractivity contribution in [2.45, 2.75) is 82.9 Å². The minimum atomic E-state index is -1.01. The number of phenols is 1. The van der Waals surface area contributed by atoms with Crippen LogP contribution in [-0.4, -0.2) is 46.0 Å². The van der Waals surface area contributed by atoms with Crippen molar-refractivity contribution in [3.8, 4) is 5.75 Å². The number of hydrogen-bond donors (Lipinski definition) is 4. The Labute approximate surface area is 217 Å². The average Bonchev–Trinajstić information content (AvgIpc) is 2.87. The number of rotatable bonds is 12. The molecule has 1 aliphatic carbocycles. The summed E-state index contributed by atoms with van der Waals surface area (Å²) >= 11 is 0. The van der Waals surface area contributed by atoms with E-state index < -0.39 is 29.6 Å². The Hall–Kier alpha value is -3.26. The molecule has 0 heterocycles. The molecule has 0 bridgehead atoms. The maximum absolute atomic E-state index is 13.4. The van der Waals surface area contributed by atoms with E-state index >= 15 is 0 Å². The Morgan fingerprint density at radius 3 is 2.35 bits per heavy atom. The lowest BCUT2D eigenvalue weighted by Gasteiger charge is -2.34. The third kappa shape index (κ3) is 8.97. The highest BCUT2D eigenvalue weighted by atomic mass is 19.1. The zero-order chi connectivity index (χ0) is 26.8. The Morgan fingerprint density at radius 1 is 1.00 bits per heavy atom. The van der Waals surface area contributed by atoms with Crippen LogP contribution >= 0.6 is 0 Å². The standard InChI is InChI=1S/C29H37FN2O5/c1-19(33)12-15-28(36)31-24(21-10-6-3-7-11-21)18-27(35)25(16-20-8-4-2-5-9-20)32-29(37)23-14-13-22(30)17-26(23)34/h2,4-5,8-9,13-14,17,21,24-25,27,34-35H,3,6-7,10-12,15-16,18H2,1H3,(H,31,36)(H,32,37)/t24-,25+,27+/m1/s1. The molecular weight excluding hydrogens is 475 g/mol. The van der Waals surface area contributed by atoms with Crippen molar-refractivity contribution in [3.63, 3.8) is 0 Å². The SMILES string of the molecule is CC(=O)CCC(=O)N[C@H](C[C@H](O)[C@H](Cc1ccccc1)NC(=O)c1ccc(F)cc1O)C1CCCCC1. The van der Waals surface area contributed by atoms with Crippen molar-refractivity contribution in [2.24, 2.45) is 5.92 Å². The minimum Gasteiger partial charge on any atom is -0.507 e. The van der Waals surface area contributed by atoms with Gasteiger partial charge in [-0.05, 0) is 56.2 Å². The van der Waals surface area contributed by atoms with Crippen LogP contribution in [0, 0.1) is 11.7 Å². The van der Waals surface area contributed by atoms with Crippen LogP contribution in [0.5, 0.6) is 5.75 Å². The number of halogens is 1. The second-order valence-electron chi connectivity index (χ2n) is 10.0. The smallest absolute Gasteiger partial charge is 0.255 e. The molecule has 4 N–H and O–H groups in total. The van der Waals surface area contributed by atoms with Gasteiger partial charge < -0.3 is 25.6 Å². The summed E-state index contributed by atoms with van der Waals surface area (Å²) < 4.78 is 13.4. The summed E-state index contributed by atoms with van der Waals surface area (Å²) in [7, 11) is 0. The number of carbonyl (C=O) groups excluding carboxylic acids is 3. The number of carbonyl (C=O) groups is 3. The average molecular weight is 513 g/mol. The molecule has 0 spiro atoms. The predicted octanol–water partition coefficient (Wildman–Crippen LogP) is 4.06. The molecule has 200 valence electrons. The molecule has 8 heteroatoms. The predicted molar refractivity (Wildman–Crippen MR) is 139 cm³/mol. The van der Waals surface area contributed by atoms with Gasteiger partial charge >= 0.3 is 0 Å². The number of hydrogen-bond acceptors (Lipinski definition) is 5. The molecule has 0 aromatic heterocycles. The van der Waals surface area contributed by atoms with Gasteiger partial charge in [-0.25, -0.2) is 4.39 Å². The van der Waals surface area contributed by atoms with Gasteiger partial charge in [-0.1, -0.05) is 49.6 Å². The van der Waals surface area contributed by atoms with Crippen LogP contribution in [0.15, 0.2) is 48.5 Å². The number of benzene rings is 2. The van der Waals surface area contributed by atoms with Crippen molar-refractivity contribution >= 4 is 17.6 Å². The van der Waals surface area contributed by atoms with E-state index in [0.29, 0.717) is 6.42 Å². The Morgan fingerprint density at radius 2 is 1.70 bits per heavy atom. The first kappa shape index (κ1) is 28.3. The lowest BCUT2D eigenvalue weighted by atomic mass is 9.80. The van der Waals surface area contributed by atoms with Crippen LogP contribution in [0.25, 0.3) is 0 Å². The number of aliphatic hydroxyl groups excluding tert-OH is 1. The summed E-state index contributed by atoms with van der Waals surface area (Å²) in [6.45, 7) is 1.45. The van der Waals surface area contributed by atoms with Crippen LogP contribution in [0.3, 0.4) is 0 Å². The maximum atomic E-state index is 13.4. The van der Waals surface area contributed by atoms with Gasteiger partial charge in [0.1, 0.15) is 17.3 Å². The van der Waals surface area contributed by atoms with Gasteiger partial charge in [-0.3, -0.25) is 9.59 Å². The zero-order valence-electron chi connectivity index (χ0n) is 21.3. The Bertz CT molecular complexity index is 1060. The van der Waals surface area contributed by atoms with Crippen molar-refractivity contribution < 1.29 is 29.0 Å². The van der Waals surface area contributed by atoms with E-state index in [1.807, 2.05) is 30.3 Å². The van der Waals surface area contributed by atoms with Crippen LogP contribution in [0.2, 0.25) is 0 Å². The molecule has 7 nitrogen and oxygen atoms in total. The van der Waals surface area contributed by atoms with Crippen LogP contribution in [-0.2, 0) is 16.0 Å². The number of aliphatic hydroxyl groups is 1. The quantitative estimate of drug-likeness (QED) is 0.342. The van der Waals surface area contributed by atoms with Gasteiger partial charge in [-0.2, -0.15) is 0 Å². The summed E-state index contributed by atoms with van der Waals surface area (Å²) in [5.74, 6) is -1.86. The number of Topliss-reactive ketones (excluding diaryl/α,β-unsaturated/α-hetero) is 1. The summed E-state index contributed by atoms with van der Waals surface area (Å²) in [5.41, 5.74) is 0.808. The molecule has 3 rings (SSSR count). The van der Waals surface area contributed by atoms with Gasteiger partial charge in [0.15, 0.2) is 0 Å². The molecule has 2 amide bonds. The maximum Gasteiger partial charge on any atom is 0.255 e. The van der Waals surface area contributed by atoms with E-state index in [2.05, 4.69) is 10.6 Å². The lowest BCUT2D eigenvalue weighted by molar-refractivity contribution is -0.125. The topological polar surface area (TPSA) is 116 Å². The Balaban J connectivity index is 1.78. The van der Waals surface area contributed by atoms with E-state index in [0.717, 1.165) is 49.8 Å². The molecule has 0 unspecified atom stereocenters. The summed E-state index contributed by atoms with van der Waals surface area (Å²) in [5, 5.41) is 27.3. The molecule has 2 aromatic carbocycles. The van der Waals surface area contributed by atoms with Gasteiger partial charge in [-0.15, -0.1) is 0 Å². The number of aromatic hydroxyl groups is 1. The molecule has 2 aromatic rings. The molecule has 0 aliphatic heterocycles. The fourth-order valence-electron chi connectivity index (χ4n) is 4.99. The fourth-order valence-corrected chi connectivity index (χ4v) is 4.99. The number of phenolic OH excluding ortho intramolecular Hbond substituents is 1. The number of nitrogens with one attached hydrogen (secondary N) is 2. The first-order valence-corrected chi connectivity index (χ1v) is 13.0. The van der Waals surface area contributed by atoms with Crippen LogP contribution in [0.1, 0.15) is 74.2 Å². The number of ketones is 1. The zero-order valence-corrected chi connectivity index (χ0v) is 21.3. The van der Waals surface area contributed by atoms with E-state index in [9.17, 15) is 29.0 Å². The fraction of sp³-hybridized carbons (Fsp3) is 0.483. The molecule has 3 atom stereocenters. The van der Waals surface area contributed by atoms with Gasteiger partial charge in [0.25, 0.3) is 5.91 Å². The largest absolute Gasteiger partial charge is 0.507 e. The van der Waals surface area contributed by atoms with Crippen LogP contribution in [0.4, 0.5) is 4.39 Å². The minimum absolute atomic E-state index is 0.0564. The van der Waals surface area contributed by atoms with Crippen molar-refractivity contribution in [1.82, 2.24) is 10.6 Å². The highest BCUT2D eigenvalue weighted by molar-refractivity contribution is 5.97. The molecule has 1 aliphatic rings. The summed E-state index contributed by atoms with van der Waals surface area (Å²) in [6.07, 6.45) is 4.91. The monoisotopic (exact) mass is 512 g/mol. The second kappa shape index (κ2) is 13.9. The first-order valence-electron chi connectivity index (χ1n) is 13.0. The van der Waals surface area contributed by atoms with E-state index in [1.54, 1.807) is 0 Å². The molecule has 37 heavy (non-hydrogen) atoms. The lowest BCUT2D eigenvalue weighted by Crippen LogP contribution is -2.50. The van der Waals surface area contributed by atoms with E-state index in [1.165, 1.54) is 13.0 Å². The number of amides is 2. The van der Waals surface area contributed by atoms with Crippen molar-refractivity contribution in [2.75, 3.05) is 0 Å². The molecule has 1 saturated carbocycles. The molecule has 0 saturated heterocycles. The normalized spacial score (nSPS) is 16.4. The van der Waals surface area contributed by atoms with Crippen LogP contribution < -0.4 is 10.6 Å². The van der Waals surface area contributed by atoms with E-state index in [-0.39, 0.29) is 48.5 Å². The van der Waals surface area contributed by atoms with Gasteiger partial charge in [0.2, 0.25) is 5.91 Å². The van der Waals surface area contributed by atoms with Crippen molar-refractivity contribution in [1.29, 1.82) is 0 Å². The second-order valence-corrected chi connectivity index (χ2v) is 10.0. The third-order valence-electron chi connectivity index (χ3n) is 7.05. The molecular formula is C29H37FN2O5. The van der Waals surface area contributed by atoms with Crippen molar-refractivity contribution in [3.05, 3.63) is 65.5 Å². The highest BCUT2D eigenvalue weighted by Gasteiger charge is 2.31.